The van der Waals surface area contributed by atoms with Crippen molar-refractivity contribution in [3.8, 4) is 0 Å². The molecule has 2 atom stereocenters. The van der Waals surface area contributed by atoms with Gasteiger partial charge in [-0.25, -0.2) is 0 Å². The molecule has 0 aliphatic carbocycles. The molecule has 0 aromatic heterocycles. The molecule has 0 saturated carbocycles. The second-order valence-electron chi connectivity index (χ2n) is 4.55. The third kappa shape index (κ3) is 3.06. The first-order valence-electron chi connectivity index (χ1n) is 5.75. The summed E-state index contributed by atoms with van der Waals surface area (Å²) >= 11 is 3.56. The highest BCUT2D eigenvalue weighted by Crippen LogP contribution is 2.19. The van der Waals surface area contributed by atoms with E-state index in [2.05, 4.69) is 53.3 Å². The van der Waals surface area contributed by atoms with Crippen LogP contribution in [0.2, 0.25) is 0 Å². The maximum absolute atomic E-state index is 5.79. The van der Waals surface area contributed by atoms with Crippen molar-refractivity contribution in [1.29, 1.82) is 0 Å². The van der Waals surface area contributed by atoms with Gasteiger partial charge in [0.25, 0.3) is 0 Å². The molecule has 1 aromatic carbocycles. The van der Waals surface area contributed by atoms with E-state index in [0.29, 0.717) is 12.1 Å². The Morgan fingerprint density at radius 2 is 2.31 bits per heavy atom. The molecular weight excluding hydrogens is 266 g/mol. The van der Waals surface area contributed by atoms with Crippen molar-refractivity contribution in [3.05, 3.63) is 33.8 Å². The standard InChI is InChI=1S/C13H18BrNO/c1-9-3-4-11(6-13(9)14)5-12-7-15-10(2)8-16-12/h3-4,6,10,12,15H,5,7-8H2,1-2H3. The molecule has 1 aliphatic heterocycles. The van der Waals surface area contributed by atoms with Gasteiger partial charge in [-0.3, -0.25) is 0 Å². The normalized spacial score (nSPS) is 25.7. The van der Waals surface area contributed by atoms with Crippen LogP contribution in [-0.4, -0.2) is 25.3 Å². The fraction of sp³-hybridized carbons (Fsp3) is 0.538. The summed E-state index contributed by atoms with van der Waals surface area (Å²) in [6.07, 6.45) is 1.30. The zero-order valence-corrected chi connectivity index (χ0v) is 11.4. The van der Waals surface area contributed by atoms with Crippen molar-refractivity contribution in [2.24, 2.45) is 0 Å². The van der Waals surface area contributed by atoms with Crippen LogP contribution in [0, 0.1) is 6.92 Å². The number of aryl methyl sites for hydroxylation is 1. The second kappa shape index (κ2) is 5.30. The van der Waals surface area contributed by atoms with Crippen molar-refractivity contribution >= 4 is 15.9 Å². The molecule has 1 fully saturated rings. The van der Waals surface area contributed by atoms with Gasteiger partial charge in [0.1, 0.15) is 0 Å². The smallest absolute Gasteiger partial charge is 0.0740 e. The summed E-state index contributed by atoms with van der Waals surface area (Å²) in [4.78, 5) is 0. The third-order valence-corrected chi connectivity index (χ3v) is 3.83. The number of hydrogen-bond donors (Lipinski definition) is 1. The molecule has 0 amide bonds. The molecule has 2 rings (SSSR count). The van der Waals surface area contributed by atoms with Crippen LogP contribution in [0.4, 0.5) is 0 Å². The lowest BCUT2D eigenvalue weighted by Gasteiger charge is -2.28. The Morgan fingerprint density at radius 1 is 1.50 bits per heavy atom. The number of hydrogen-bond acceptors (Lipinski definition) is 2. The molecule has 1 N–H and O–H groups in total. The fourth-order valence-electron chi connectivity index (χ4n) is 1.89. The largest absolute Gasteiger partial charge is 0.375 e. The summed E-state index contributed by atoms with van der Waals surface area (Å²) in [5.74, 6) is 0. The Morgan fingerprint density at radius 3 is 2.94 bits per heavy atom. The second-order valence-corrected chi connectivity index (χ2v) is 5.41. The lowest BCUT2D eigenvalue weighted by molar-refractivity contribution is 0.00881. The lowest BCUT2D eigenvalue weighted by Crippen LogP contribution is -2.45. The zero-order chi connectivity index (χ0) is 11.5. The van der Waals surface area contributed by atoms with Gasteiger partial charge in [0.2, 0.25) is 0 Å². The van der Waals surface area contributed by atoms with E-state index < -0.39 is 0 Å². The summed E-state index contributed by atoms with van der Waals surface area (Å²) in [6.45, 7) is 6.03. The molecule has 3 heteroatoms. The molecule has 1 heterocycles. The van der Waals surface area contributed by atoms with E-state index in [9.17, 15) is 0 Å². The summed E-state index contributed by atoms with van der Waals surface area (Å²) in [6, 6.07) is 7.01. The fourth-order valence-corrected chi connectivity index (χ4v) is 2.31. The van der Waals surface area contributed by atoms with E-state index >= 15 is 0 Å². The van der Waals surface area contributed by atoms with Gasteiger partial charge >= 0.3 is 0 Å². The van der Waals surface area contributed by atoms with Crippen molar-refractivity contribution in [1.82, 2.24) is 5.32 Å². The molecule has 2 nitrogen and oxygen atoms in total. The molecule has 0 spiro atoms. The summed E-state index contributed by atoms with van der Waals surface area (Å²) in [7, 11) is 0. The molecule has 2 unspecified atom stereocenters. The van der Waals surface area contributed by atoms with Crippen molar-refractivity contribution in [2.75, 3.05) is 13.2 Å². The number of morpholine rings is 1. The van der Waals surface area contributed by atoms with Gasteiger partial charge in [-0.05, 0) is 37.5 Å². The minimum absolute atomic E-state index is 0.311. The molecular formula is C13H18BrNO. The SMILES string of the molecule is Cc1ccc(CC2CNC(C)CO2)cc1Br. The van der Waals surface area contributed by atoms with Crippen LogP contribution in [-0.2, 0) is 11.2 Å². The van der Waals surface area contributed by atoms with E-state index in [1.54, 1.807) is 0 Å². The number of rotatable bonds is 2. The van der Waals surface area contributed by atoms with E-state index in [1.165, 1.54) is 15.6 Å². The first-order chi connectivity index (χ1) is 7.65. The number of halogens is 1. The molecule has 16 heavy (non-hydrogen) atoms. The average Bonchev–Trinajstić information content (AvgIpc) is 2.27. The Kier molecular flexibility index (Phi) is 4.00. The Labute approximate surface area is 106 Å². The molecule has 88 valence electrons. The van der Waals surface area contributed by atoms with Crippen molar-refractivity contribution in [2.45, 2.75) is 32.4 Å². The van der Waals surface area contributed by atoms with Gasteiger partial charge in [0.05, 0.1) is 12.7 Å². The Hall–Kier alpha value is -0.380. The van der Waals surface area contributed by atoms with Gasteiger partial charge in [0, 0.05) is 17.1 Å². The minimum Gasteiger partial charge on any atom is -0.375 e. The highest BCUT2D eigenvalue weighted by molar-refractivity contribution is 9.10. The predicted molar refractivity (Wildman–Crippen MR) is 69.8 cm³/mol. The quantitative estimate of drug-likeness (QED) is 0.901. The van der Waals surface area contributed by atoms with Crippen molar-refractivity contribution < 1.29 is 4.74 Å². The Balaban J connectivity index is 1.96. The van der Waals surface area contributed by atoms with Crippen LogP contribution >= 0.6 is 15.9 Å². The highest BCUT2D eigenvalue weighted by Gasteiger charge is 2.18. The van der Waals surface area contributed by atoms with Crippen LogP contribution in [0.1, 0.15) is 18.1 Å². The molecule has 1 aromatic rings. The number of ether oxygens (including phenoxy) is 1. The highest BCUT2D eigenvalue weighted by atomic mass is 79.9. The lowest BCUT2D eigenvalue weighted by atomic mass is 10.0. The van der Waals surface area contributed by atoms with Gasteiger partial charge in [0.15, 0.2) is 0 Å². The molecule has 0 bridgehead atoms. The van der Waals surface area contributed by atoms with Gasteiger partial charge < -0.3 is 10.1 Å². The van der Waals surface area contributed by atoms with E-state index in [0.717, 1.165) is 19.6 Å². The minimum atomic E-state index is 0.311. The number of nitrogens with one attached hydrogen (secondary N) is 1. The first kappa shape index (κ1) is 12.1. The Bertz CT molecular complexity index is 359. The summed E-state index contributed by atoms with van der Waals surface area (Å²) < 4.78 is 6.97. The van der Waals surface area contributed by atoms with Crippen LogP contribution in [0.3, 0.4) is 0 Å². The number of benzene rings is 1. The zero-order valence-electron chi connectivity index (χ0n) is 9.79. The first-order valence-corrected chi connectivity index (χ1v) is 6.54. The maximum atomic E-state index is 5.79. The average molecular weight is 284 g/mol. The summed E-state index contributed by atoms with van der Waals surface area (Å²) in [5, 5.41) is 3.44. The summed E-state index contributed by atoms with van der Waals surface area (Å²) in [5.41, 5.74) is 2.61. The predicted octanol–water partition coefficient (Wildman–Crippen LogP) is 2.68. The monoisotopic (exact) mass is 283 g/mol. The van der Waals surface area contributed by atoms with Crippen molar-refractivity contribution in [3.63, 3.8) is 0 Å². The van der Waals surface area contributed by atoms with Gasteiger partial charge in [-0.15, -0.1) is 0 Å². The topological polar surface area (TPSA) is 21.3 Å². The van der Waals surface area contributed by atoms with Gasteiger partial charge in [-0.2, -0.15) is 0 Å². The third-order valence-electron chi connectivity index (χ3n) is 2.98. The van der Waals surface area contributed by atoms with Crippen LogP contribution in [0.15, 0.2) is 22.7 Å². The van der Waals surface area contributed by atoms with Crippen LogP contribution in [0.5, 0.6) is 0 Å². The molecule has 0 radical (unpaired) electrons. The van der Waals surface area contributed by atoms with E-state index in [4.69, 9.17) is 4.74 Å². The van der Waals surface area contributed by atoms with E-state index in [1.807, 2.05) is 0 Å². The van der Waals surface area contributed by atoms with Gasteiger partial charge in [-0.1, -0.05) is 28.1 Å². The maximum Gasteiger partial charge on any atom is 0.0740 e. The van der Waals surface area contributed by atoms with Crippen LogP contribution < -0.4 is 5.32 Å². The van der Waals surface area contributed by atoms with Crippen LogP contribution in [0.25, 0.3) is 0 Å². The molecule has 1 saturated heterocycles. The molecule has 1 aliphatic rings. The van der Waals surface area contributed by atoms with E-state index in [-0.39, 0.29) is 0 Å².